The summed E-state index contributed by atoms with van der Waals surface area (Å²) in [5, 5.41) is 0. The van der Waals surface area contributed by atoms with Crippen molar-refractivity contribution < 1.29 is 14.3 Å². The van der Waals surface area contributed by atoms with E-state index in [0.29, 0.717) is 38.6 Å². The lowest BCUT2D eigenvalue weighted by Gasteiger charge is -2.57. The predicted molar refractivity (Wildman–Crippen MR) is 101 cm³/mol. The van der Waals surface area contributed by atoms with Gasteiger partial charge >= 0.3 is 0 Å². The summed E-state index contributed by atoms with van der Waals surface area (Å²) >= 11 is 0. The molecule has 6 fully saturated rings. The number of carbonyl (C=O) groups excluding carboxylic acids is 2. The molecule has 6 rings (SSSR count). The van der Waals surface area contributed by atoms with Crippen LogP contribution in [-0.2, 0) is 14.3 Å². The van der Waals surface area contributed by atoms with Gasteiger partial charge in [0.25, 0.3) is 5.91 Å². The van der Waals surface area contributed by atoms with Crippen LogP contribution in [0.15, 0.2) is 0 Å². The maximum atomic E-state index is 13.5. The SMILES string of the molecule is NC[C@H]1CC[C@@H](C(=O)N2CCN(C(=O)C34CC5CC(CC(C5)C3)C4)CC2)O1. The minimum Gasteiger partial charge on any atom is -0.364 e. The Morgan fingerprint density at radius 1 is 0.889 bits per heavy atom. The molecule has 0 spiro atoms. The van der Waals surface area contributed by atoms with Crippen LogP contribution in [0.2, 0.25) is 0 Å². The van der Waals surface area contributed by atoms with Crippen LogP contribution < -0.4 is 5.73 Å². The van der Waals surface area contributed by atoms with Gasteiger partial charge in [-0.25, -0.2) is 0 Å². The van der Waals surface area contributed by atoms with Crippen molar-refractivity contribution in [2.45, 2.75) is 63.6 Å². The van der Waals surface area contributed by atoms with Crippen molar-refractivity contribution >= 4 is 11.8 Å². The van der Waals surface area contributed by atoms with E-state index in [9.17, 15) is 9.59 Å². The normalized spacial score (nSPS) is 43.4. The van der Waals surface area contributed by atoms with Crippen molar-refractivity contribution in [1.82, 2.24) is 9.80 Å². The molecule has 2 atom stereocenters. The Morgan fingerprint density at radius 3 is 1.96 bits per heavy atom. The van der Waals surface area contributed by atoms with Gasteiger partial charge in [-0.05, 0) is 69.1 Å². The first kappa shape index (κ1) is 17.9. The molecule has 4 saturated carbocycles. The van der Waals surface area contributed by atoms with Gasteiger partial charge in [0.15, 0.2) is 0 Å². The fourth-order valence-electron chi connectivity index (χ4n) is 7.10. The molecule has 27 heavy (non-hydrogen) atoms. The summed E-state index contributed by atoms with van der Waals surface area (Å²) < 4.78 is 5.77. The van der Waals surface area contributed by atoms with Crippen LogP contribution in [0.3, 0.4) is 0 Å². The lowest BCUT2D eigenvalue weighted by molar-refractivity contribution is -0.161. The molecule has 6 nitrogen and oxygen atoms in total. The first-order valence-electron chi connectivity index (χ1n) is 11.0. The molecule has 2 heterocycles. The average Bonchev–Trinajstić information content (AvgIpc) is 3.15. The van der Waals surface area contributed by atoms with Crippen molar-refractivity contribution in [3.8, 4) is 0 Å². The number of nitrogens with two attached hydrogens (primary N) is 1. The number of ether oxygens (including phenoxy) is 1. The first-order valence-corrected chi connectivity index (χ1v) is 11.0. The zero-order valence-corrected chi connectivity index (χ0v) is 16.3. The summed E-state index contributed by atoms with van der Waals surface area (Å²) in [6.45, 7) is 3.13. The van der Waals surface area contributed by atoms with Gasteiger partial charge in [-0.3, -0.25) is 9.59 Å². The second-order valence-corrected chi connectivity index (χ2v) is 9.88. The maximum absolute atomic E-state index is 13.5. The van der Waals surface area contributed by atoms with E-state index < -0.39 is 0 Å². The van der Waals surface area contributed by atoms with Gasteiger partial charge in [0.05, 0.1) is 11.5 Å². The Hall–Kier alpha value is -1.14. The van der Waals surface area contributed by atoms with E-state index in [0.717, 1.165) is 49.9 Å². The number of carbonyl (C=O) groups is 2. The predicted octanol–water partition coefficient (Wildman–Crippen LogP) is 1.38. The van der Waals surface area contributed by atoms with Crippen LogP contribution in [0.4, 0.5) is 0 Å². The molecular formula is C21H33N3O3. The molecule has 4 aliphatic carbocycles. The van der Waals surface area contributed by atoms with Crippen LogP contribution in [0.5, 0.6) is 0 Å². The molecule has 0 aromatic carbocycles. The van der Waals surface area contributed by atoms with Gasteiger partial charge in [0.1, 0.15) is 6.10 Å². The van der Waals surface area contributed by atoms with Crippen LogP contribution in [-0.4, -0.2) is 66.5 Å². The van der Waals surface area contributed by atoms with Crippen molar-refractivity contribution in [3.05, 3.63) is 0 Å². The maximum Gasteiger partial charge on any atom is 0.251 e. The molecular weight excluding hydrogens is 342 g/mol. The molecule has 0 radical (unpaired) electrons. The number of piperazine rings is 1. The summed E-state index contributed by atoms with van der Waals surface area (Å²) in [5.41, 5.74) is 5.59. The van der Waals surface area contributed by atoms with Gasteiger partial charge in [-0.1, -0.05) is 0 Å². The van der Waals surface area contributed by atoms with E-state index in [-0.39, 0.29) is 23.5 Å². The van der Waals surface area contributed by atoms with Crippen molar-refractivity contribution in [2.75, 3.05) is 32.7 Å². The monoisotopic (exact) mass is 375 g/mol. The summed E-state index contributed by atoms with van der Waals surface area (Å²) in [6.07, 6.45) is 8.78. The highest BCUT2D eigenvalue weighted by Gasteiger charge is 2.55. The summed E-state index contributed by atoms with van der Waals surface area (Å²) in [5.74, 6) is 2.86. The number of hydrogen-bond donors (Lipinski definition) is 1. The van der Waals surface area contributed by atoms with Crippen molar-refractivity contribution in [3.63, 3.8) is 0 Å². The van der Waals surface area contributed by atoms with Crippen LogP contribution in [0.25, 0.3) is 0 Å². The van der Waals surface area contributed by atoms with Crippen molar-refractivity contribution in [2.24, 2.45) is 28.9 Å². The highest BCUT2D eigenvalue weighted by Crippen LogP contribution is 2.60. The fraction of sp³-hybridized carbons (Fsp3) is 0.905. The quantitative estimate of drug-likeness (QED) is 0.809. The minimum atomic E-state index is -0.330. The third kappa shape index (κ3) is 3.09. The molecule has 150 valence electrons. The van der Waals surface area contributed by atoms with Crippen LogP contribution >= 0.6 is 0 Å². The Balaban J connectivity index is 1.19. The Labute approximate surface area is 161 Å². The number of nitrogens with zero attached hydrogens (tertiary/aromatic N) is 2. The smallest absolute Gasteiger partial charge is 0.251 e. The molecule has 0 aromatic heterocycles. The molecule has 4 bridgehead atoms. The minimum absolute atomic E-state index is 0.0258. The lowest BCUT2D eigenvalue weighted by Crippen LogP contribution is -2.59. The standard InChI is InChI=1S/C21H33N3O3/c22-13-17-1-2-18(27-17)19(25)23-3-5-24(6-4-23)20(26)21-10-14-7-15(11-21)9-16(8-14)12-21/h14-18H,1-13,22H2/t14?,15?,16?,17-,18+,21?/m1/s1. The van der Waals surface area contributed by atoms with Gasteiger partial charge < -0.3 is 20.3 Å². The third-order valence-electron chi connectivity index (χ3n) is 8.02. The van der Waals surface area contributed by atoms with Gasteiger partial charge in [0, 0.05) is 32.7 Å². The van der Waals surface area contributed by atoms with E-state index in [2.05, 4.69) is 4.90 Å². The molecule has 2 N–H and O–H groups in total. The summed E-state index contributed by atoms with van der Waals surface area (Å²) in [7, 11) is 0. The molecule has 2 saturated heterocycles. The molecule has 6 aliphatic rings. The van der Waals surface area contributed by atoms with E-state index in [1.54, 1.807) is 0 Å². The Kier molecular flexibility index (Phi) is 4.47. The van der Waals surface area contributed by atoms with Crippen LogP contribution in [0.1, 0.15) is 51.4 Å². The molecule has 6 heteroatoms. The van der Waals surface area contributed by atoms with Gasteiger partial charge in [-0.15, -0.1) is 0 Å². The highest BCUT2D eigenvalue weighted by molar-refractivity contribution is 5.84. The molecule has 0 unspecified atom stereocenters. The molecule has 0 aromatic rings. The van der Waals surface area contributed by atoms with E-state index in [4.69, 9.17) is 10.5 Å². The number of amides is 2. The topological polar surface area (TPSA) is 75.9 Å². The highest BCUT2D eigenvalue weighted by atomic mass is 16.5. The Bertz CT molecular complexity index is 579. The van der Waals surface area contributed by atoms with E-state index in [1.165, 1.54) is 19.3 Å². The first-order chi connectivity index (χ1) is 13.1. The number of hydrogen-bond acceptors (Lipinski definition) is 4. The molecule has 2 amide bonds. The second kappa shape index (κ2) is 6.73. The zero-order valence-electron chi connectivity index (χ0n) is 16.3. The average molecular weight is 376 g/mol. The second-order valence-electron chi connectivity index (χ2n) is 9.88. The molecule has 2 aliphatic heterocycles. The fourth-order valence-corrected chi connectivity index (χ4v) is 7.10. The summed E-state index contributed by atoms with van der Waals surface area (Å²) in [4.78, 5) is 30.1. The van der Waals surface area contributed by atoms with Crippen LogP contribution in [0, 0.1) is 23.2 Å². The van der Waals surface area contributed by atoms with Gasteiger partial charge in [0.2, 0.25) is 5.91 Å². The van der Waals surface area contributed by atoms with E-state index >= 15 is 0 Å². The zero-order chi connectivity index (χ0) is 18.6. The third-order valence-corrected chi connectivity index (χ3v) is 8.02. The van der Waals surface area contributed by atoms with E-state index in [1.807, 2.05) is 4.90 Å². The number of rotatable bonds is 3. The van der Waals surface area contributed by atoms with Crippen molar-refractivity contribution in [1.29, 1.82) is 0 Å². The van der Waals surface area contributed by atoms with Gasteiger partial charge in [-0.2, -0.15) is 0 Å². The summed E-state index contributed by atoms with van der Waals surface area (Å²) in [6, 6.07) is 0. The Morgan fingerprint density at radius 2 is 1.44 bits per heavy atom. The lowest BCUT2D eigenvalue weighted by atomic mass is 9.49. The largest absolute Gasteiger partial charge is 0.364 e.